The molecule has 0 unspecified atom stereocenters. The van der Waals surface area contributed by atoms with Crippen molar-refractivity contribution in [1.29, 1.82) is 0 Å². The average molecular weight is 400 g/mol. The molecule has 0 spiro atoms. The van der Waals surface area contributed by atoms with Crippen molar-refractivity contribution in [3.8, 4) is 16.3 Å². The number of aromatic nitrogens is 4. The molecule has 9 heteroatoms. The van der Waals surface area contributed by atoms with Crippen molar-refractivity contribution in [2.24, 2.45) is 0 Å². The van der Waals surface area contributed by atoms with Crippen LogP contribution in [0.5, 0.6) is 5.75 Å². The number of carbonyl (C=O) groups is 1. The van der Waals surface area contributed by atoms with E-state index in [4.69, 9.17) is 16.3 Å². The zero-order valence-corrected chi connectivity index (χ0v) is 16.0. The molecule has 0 saturated carbocycles. The first-order valence-electron chi connectivity index (χ1n) is 7.99. The third-order valence-electron chi connectivity index (χ3n) is 3.92. The van der Waals surface area contributed by atoms with E-state index in [1.807, 2.05) is 31.2 Å². The molecule has 0 fully saturated rings. The van der Waals surface area contributed by atoms with E-state index in [1.165, 1.54) is 18.4 Å². The minimum absolute atomic E-state index is 0.305. The molecule has 2 aromatic heterocycles. The Labute approximate surface area is 163 Å². The zero-order chi connectivity index (χ0) is 19.0. The maximum absolute atomic E-state index is 12.7. The summed E-state index contributed by atoms with van der Waals surface area (Å²) < 4.78 is 6.94. The van der Waals surface area contributed by atoms with Gasteiger partial charge in [0, 0.05) is 16.3 Å². The van der Waals surface area contributed by atoms with Gasteiger partial charge in [-0.25, -0.2) is 0 Å². The number of anilines is 1. The van der Waals surface area contributed by atoms with E-state index in [1.54, 1.807) is 22.7 Å². The molecule has 0 aliphatic heterocycles. The standard InChI is InChI=1S/C18H14ClN5O2S/c1-10-21-22-18-24(10)23-17(27-18)11-4-3-5-13(8-11)20-16(25)14-9-12(19)6-7-15(14)26-2/h3-9H,1-2H3,(H,20,25). The molecular formula is C18H14ClN5O2S. The first kappa shape index (κ1) is 17.4. The van der Waals surface area contributed by atoms with E-state index in [-0.39, 0.29) is 5.91 Å². The van der Waals surface area contributed by atoms with Crippen LogP contribution in [0.4, 0.5) is 5.69 Å². The van der Waals surface area contributed by atoms with Crippen LogP contribution in [-0.2, 0) is 0 Å². The fourth-order valence-electron chi connectivity index (χ4n) is 2.62. The average Bonchev–Trinajstić information content (AvgIpc) is 3.24. The van der Waals surface area contributed by atoms with Crippen LogP contribution in [0.25, 0.3) is 15.5 Å². The number of amides is 1. The monoisotopic (exact) mass is 399 g/mol. The van der Waals surface area contributed by atoms with Crippen LogP contribution < -0.4 is 10.1 Å². The summed E-state index contributed by atoms with van der Waals surface area (Å²) in [4.78, 5) is 13.4. The second-order valence-electron chi connectivity index (χ2n) is 5.73. The quantitative estimate of drug-likeness (QED) is 0.559. The first-order chi connectivity index (χ1) is 13.0. The summed E-state index contributed by atoms with van der Waals surface area (Å²) in [5.74, 6) is 0.877. The number of halogens is 1. The summed E-state index contributed by atoms with van der Waals surface area (Å²) in [6.07, 6.45) is 0. The normalized spacial score (nSPS) is 10.9. The molecule has 0 radical (unpaired) electrons. The van der Waals surface area contributed by atoms with Crippen molar-refractivity contribution in [3.63, 3.8) is 0 Å². The fourth-order valence-corrected chi connectivity index (χ4v) is 3.67. The molecule has 4 rings (SSSR count). The second-order valence-corrected chi connectivity index (χ2v) is 7.12. The van der Waals surface area contributed by atoms with Gasteiger partial charge in [-0.2, -0.15) is 9.61 Å². The highest BCUT2D eigenvalue weighted by Crippen LogP contribution is 2.28. The molecule has 0 saturated heterocycles. The van der Waals surface area contributed by atoms with E-state index in [2.05, 4.69) is 20.6 Å². The minimum Gasteiger partial charge on any atom is -0.496 e. The Kier molecular flexibility index (Phi) is 4.51. The highest BCUT2D eigenvalue weighted by atomic mass is 35.5. The highest BCUT2D eigenvalue weighted by molar-refractivity contribution is 7.19. The predicted molar refractivity (Wildman–Crippen MR) is 105 cm³/mol. The Hall–Kier alpha value is -2.97. The van der Waals surface area contributed by atoms with Crippen LogP contribution in [0.2, 0.25) is 5.02 Å². The predicted octanol–water partition coefficient (Wildman–Crippen LogP) is 4.08. The van der Waals surface area contributed by atoms with Crippen LogP contribution in [-0.4, -0.2) is 32.8 Å². The van der Waals surface area contributed by atoms with Gasteiger partial charge in [-0.1, -0.05) is 35.1 Å². The van der Waals surface area contributed by atoms with Gasteiger partial charge < -0.3 is 10.1 Å². The number of aryl methyl sites for hydroxylation is 1. The van der Waals surface area contributed by atoms with Gasteiger partial charge >= 0.3 is 0 Å². The Balaban J connectivity index is 1.63. The summed E-state index contributed by atoms with van der Waals surface area (Å²) in [5, 5.41) is 16.7. The Morgan fingerprint density at radius 1 is 1.22 bits per heavy atom. The summed E-state index contributed by atoms with van der Waals surface area (Å²) in [6, 6.07) is 12.4. The Morgan fingerprint density at radius 3 is 2.85 bits per heavy atom. The number of fused-ring (bicyclic) bond motifs is 1. The van der Waals surface area contributed by atoms with Crippen LogP contribution >= 0.6 is 22.9 Å². The molecular weight excluding hydrogens is 386 g/mol. The number of rotatable bonds is 4. The van der Waals surface area contributed by atoms with E-state index >= 15 is 0 Å². The Morgan fingerprint density at radius 2 is 2.07 bits per heavy atom. The lowest BCUT2D eigenvalue weighted by atomic mass is 10.1. The van der Waals surface area contributed by atoms with Crippen LogP contribution in [0, 0.1) is 6.92 Å². The van der Waals surface area contributed by atoms with Crippen molar-refractivity contribution in [1.82, 2.24) is 19.8 Å². The molecule has 2 aromatic carbocycles. The van der Waals surface area contributed by atoms with E-state index in [0.717, 1.165) is 21.4 Å². The first-order valence-corrected chi connectivity index (χ1v) is 9.19. The minimum atomic E-state index is -0.305. The molecule has 0 aliphatic rings. The number of nitrogens with one attached hydrogen (secondary N) is 1. The van der Waals surface area contributed by atoms with Crippen molar-refractivity contribution < 1.29 is 9.53 Å². The number of carbonyl (C=O) groups excluding carboxylic acids is 1. The lowest BCUT2D eigenvalue weighted by Gasteiger charge is -2.10. The van der Waals surface area contributed by atoms with Crippen molar-refractivity contribution in [2.45, 2.75) is 6.92 Å². The summed E-state index contributed by atoms with van der Waals surface area (Å²) in [5.41, 5.74) is 1.88. The number of hydrogen-bond acceptors (Lipinski definition) is 6. The molecule has 27 heavy (non-hydrogen) atoms. The SMILES string of the molecule is COc1ccc(Cl)cc1C(=O)Nc1cccc(-c2nn3c(C)nnc3s2)c1. The van der Waals surface area contributed by atoms with Crippen molar-refractivity contribution in [2.75, 3.05) is 12.4 Å². The largest absolute Gasteiger partial charge is 0.496 e. The second kappa shape index (κ2) is 6.98. The van der Waals surface area contributed by atoms with E-state index in [9.17, 15) is 4.79 Å². The molecule has 0 atom stereocenters. The molecule has 0 bridgehead atoms. The number of methoxy groups -OCH3 is 1. The van der Waals surface area contributed by atoms with Crippen molar-refractivity contribution in [3.05, 3.63) is 58.9 Å². The molecule has 7 nitrogen and oxygen atoms in total. The molecule has 1 amide bonds. The van der Waals surface area contributed by atoms with Gasteiger partial charge in [-0.15, -0.1) is 10.2 Å². The third kappa shape index (κ3) is 3.36. The van der Waals surface area contributed by atoms with Gasteiger partial charge in [0.05, 0.1) is 12.7 Å². The maximum atomic E-state index is 12.7. The zero-order valence-electron chi connectivity index (χ0n) is 14.4. The van der Waals surface area contributed by atoms with Crippen LogP contribution in [0.15, 0.2) is 42.5 Å². The number of benzene rings is 2. The highest BCUT2D eigenvalue weighted by Gasteiger charge is 2.15. The number of ether oxygens (including phenoxy) is 1. The van der Waals surface area contributed by atoms with E-state index in [0.29, 0.717) is 22.0 Å². The summed E-state index contributed by atoms with van der Waals surface area (Å²) >= 11 is 7.44. The molecule has 2 heterocycles. The summed E-state index contributed by atoms with van der Waals surface area (Å²) in [6.45, 7) is 1.85. The molecule has 4 aromatic rings. The maximum Gasteiger partial charge on any atom is 0.259 e. The van der Waals surface area contributed by atoms with Gasteiger partial charge in [0.2, 0.25) is 4.96 Å². The third-order valence-corrected chi connectivity index (χ3v) is 5.10. The summed E-state index contributed by atoms with van der Waals surface area (Å²) in [7, 11) is 1.51. The van der Waals surface area contributed by atoms with Crippen LogP contribution in [0.3, 0.4) is 0 Å². The Bertz CT molecular complexity index is 1150. The van der Waals surface area contributed by atoms with Gasteiger partial charge in [-0.05, 0) is 37.3 Å². The lowest BCUT2D eigenvalue weighted by Crippen LogP contribution is -2.13. The van der Waals surface area contributed by atoms with Gasteiger partial charge in [0.25, 0.3) is 5.91 Å². The molecule has 136 valence electrons. The van der Waals surface area contributed by atoms with E-state index < -0.39 is 0 Å². The molecule has 1 N–H and O–H groups in total. The smallest absolute Gasteiger partial charge is 0.259 e. The fraction of sp³-hybridized carbons (Fsp3) is 0.111. The number of hydrogen-bond donors (Lipinski definition) is 1. The number of nitrogens with zero attached hydrogens (tertiary/aromatic N) is 4. The lowest BCUT2D eigenvalue weighted by molar-refractivity contribution is 0.102. The van der Waals surface area contributed by atoms with Gasteiger partial charge in [-0.3, -0.25) is 4.79 Å². The topological polar surface area (TPSA) is 81.4 Å². The van der Waals surface area contributed by atoms with Crippen LogP contribution in [0.1, 0.15) is 16.2 Å². The van der Waals surface area contributed by atoms with Gasteiger partial charge in [0.15, 0.2) is 5.82 Å². The van der Waals surface area contributed by atoms with Gasteiger partial charge in [0.1, 0.15) is 10.8 Å². The molecule has 0 aliphatic carbocycles. The van der Waals surface area contributed by atoms with Crippen molar-refractivity contribution >= 4 is 39.5 Å².